The van der Waals surface area contributed by atoms with Crippen LogP contribution in [0.5, 0.6) is 5.75 Å². The number of rotatable bonds is 5. The topological polar surface area (TPSA) is 48.3 Å². The Morgan fingerprint density at radius 3 is 3.05 bits per heavy atom. The average Bonchev–Trinajstić information content (AvgIpc) is 2.48. The summed E-state index contributed by atoms with van der Waals surface area (Å²) in [5, 5.41) is 12.3. The molecule has 20 heavy (non-hydrogen) atoms. The molecular formula is C16H23N3O. The lowest BCUT2D eigenvalue weighted by molar-refractivity contribution is 0.165. The van der Waals surface area contributed by atoms with Crippen molar-refractivity contribution in [1.82, 2.24) is 10.2 Å². The zero-order chi connectivity index (χ0) is 14.4. The molecule has 0 aromatic heterocycles. The molecule has 1 aliphatic rings. The molecule has 1 aromatic rings. The predicted octanol–water partition coefficient (Wildman–Crippen LogP) is 2.00. The molecule has 4 heteroatoms. The van der Waals surface area contributed by atoms with Crippen molar-refractivity contribution in [2.45, 2.75) is 19.4 Å². The predicted molar refractivity (Wildman–Crippen MR) is 79.6 cm³/mol. The number of benzene rings is 1. The lowest BCUT2D eigenvalue weighted by Gasteiger charge is -2.33. The monoisotopic (exact) mass is 273 g/mol. The molecule has 1 aliphatic heterocycles. The molecule has 0 radical (unpaired) electrons. The molecule has 0 saturated carbocycles. The van der Waals surface area contributed by atoms with Gasteiger partial charge in [0.05, 0.1) is 18.7 Å². The third-order valence-corrected chi connectivity index (χ3v) is 3.90. The minimum Gasteiger partial charge on any atom is -0.496 e. The molecule has 1 saturated heterocycles. The van der Waals surface area contributed by atoms with E-state index in [1.54, 1.807) is 7.11 Å². The summed E-state index contributed by atoms with van der Waals surface area (Å²) in [6.45, 7) is 4.17. The molecule has 1 heterocycles. The van der Waals surface area contributed by atoms with Crippen LogP contribution in [0.4, 0.5) is 0 Å². The fourth-order valence-electron chi connectivity index (χ4n) is 2.96. The van der Waals surface area contributed by atoms with Gasteiger partial charge in [0.25, 0.3) is 0 Å². The van der Waals surface area contributed by atoms with Crippen LogP contribution in [0.2, 0.25) is 0 Å². The van der Waals surface area contributed by atoms with Crippen LogP contribution in [0.15, 0.2) is 18.2 Å². The summed E-state index contributed by atoms with van der Waals surface area (Å²) in [6, 6.07) is 7.85. The van der Waals surface area contributed by atoms with Crippen molar-refractivity contribution in [3.05, 3.63) is 29.3 Å². The van der Waals surface area contributed by atoms with Crippen LogP contribution >= 0.6 is 0 Å². The van der Waals surface area contributed by atoms with Gasteiger partial charge in [-0.25, -0.2) is 0 Å². The van der Waals surface area contributed by atoms with E-state index in [1.807, 2.05) is 25.2 Å². The van der Waals surface area contributed by atoms with Gasteiger partial charge in [-0.15, -0.1) is 0 Å². The van der Waals surface area contributed by atoms with Crippen molar-refractivity contribution < 1.29 is 4.74 Å². The van der Waals surface area contributed by atoms with Gasteiger partial charge in [-0.1, -0.05) is 0 Å². The number of methoxy groups -OCH3 is 1. The first-order chi connectivity index (χ1) is 9.76. The molecule has 0 bridgehead atoms. The summed E-state index contributed by atoms with van der Waals surface area (Å²) >= 11 is 0. The SMILES string of the molecule is CNCC1CCCN(Cc2cc(C#N)ccc2OC)C1. The summed E-state index contributed by atoms with van der Waals surface area (Å²) in [5.41, 5.74) is 1.81. The molecule has 0 amide bonds. The highest BCUT2D eigenvalue weighted by atomic mass is 16.5. The first kappa shape index (κ1) is 14.8. The molecule has 2 rings (SSSR count). The van der Waals surface area contributed by atoms with Crippen LogP contribution in [-0.4, -0.2) is 38.7 Å². The Hall–Kier alpha value is -1.57. The third kappa shape index (κ3) is 3.72. The molecule has 1 aromatic carbocycles. The van der Waals surface area contributed by atoms with Gasteiger partial charge in [-0.2, -0.15) is 5.26 Å². The number of piperidine rings is 1. The first-order valence-electron chi connectivity index (χ1n) is 7.20. The van der Waals surface area contributed by atoms with Gasteiger partial charge in [0.15, 0.2) is 0 Å². The Bertz CT molecular complexity index is 479. The number of nitriles is 1. The van der Waals surface area contributed by atoms with E-state index in [0.29, 0.717) is 5.56 Å². The van der Waals surface area contributed by atoms with Crippen molar-refractivity contribution >= 4 is 0 Å². The second-order valence-electron chi connectivity index (χ2n) is 5.44. The van der Waals surface area contributed by atoms with Gasteiger partial charge in [0, 0.05) is 18.7 Å². The summed E-state index contributed by atoms with van der Waals surface area (Å²) in [4.78, 5) is 2.46. The summed E-state index contributed by atoms with van der Waals surface area (Å²) in [6.07, 6.45) is 2.54. The normalized spacial score (nSPS) is 19.6. The fourth-order valence-corrected chi connectivity index (χ4v) is 2.96. The van der Waals surface area contributed by atoms with E-state index in [2.05, 4.69) is 16.3 Å². The average molecular weight is 273 g/mol. The zero-order valence-corrected chi connectivity index (χ0v) is 12.4. The number of likely N-dealkylation sites (tertiary alicyclic amines) is 1. The first-order valence-corrected chi connectivity index (χ1v) is 7.20. The number of hydrogen-bond acceptors (Lipinski definition) is 4. The van der Waals surface area contributed by atoms with Crippen LogP contribution in [0.3, 0.4) is 0 Å². The molecule has 1 atom stereocenters. The van der Waals surface area contributed by atoms with E-state index in [-0.39, 0.29) is 0 Å². The highest BCUT2D eigenvalue weighted by molar-refractivity contribution is 5.42. The van der Waals surface area contributed by atoms with Gasteiger partial charge in [0.1, 0.15) is 5.75 Å². The Morgan fingerprint density at radius 1 is 1.50 bits per heavy atom. The Morgan fingerprint density at radius 2 is 2.35 bits per heavy atom. The largest absolute Gasteiger partial charge is 0.496 e. The number of nitrogens with one attached hydrogen (secondary N) is 1. The quantitative estimate of drug-likeness (QED) is 0.891. The van der Waals surface area contributed by atoms with Crippen LogP contribution in [0.1, 0.15) is 24.0 Å². The Kier molecular flexibility index (Phi) is 5.40. The zero-order valence-electron chi connectivity index (χ0n) is 12.4. The smallest absolute Gasteiger partial charge is 0.123 e. The Labute approximate surface area is 121 Å². The number of nitrogens with zero attached hydrogens (tertiary/aromatic N) is 2. The maximum atomic E-state index is 9.03. The van der Waals surface area contributed by atoms with E-state index in [4.69, 9.17) is 10.00 Å². The van der Waals surface area contributed by atoms with Crippen molar-refractivity contribution in [3.63, 3.8) is 0 Å². The summed E-state index contributed by atoms with van der Waals surface area (Å²) in [7, 11) is 3.70. The lowest BCUT2D eigenvalue weighted by atomic mass is 9.97. The van der Waals surface area contributed by atoms with Crippen LogP contribution < -0.4 is 10.1 Å². The standard InChI is InChI=1S/C16H23N3O/c1-18-10-14-4-3-7-19(11-14)12-15-8-13(9-17)5-6-16(15)20-2/h5-6,8,14,18H,3-4,7,10-12H2,1-2H3. The number of hydrogen-bond donors (Lipinski definition) is 1. The molecule has 0 spiro atoms. The minimum atomic E-state index is 0.699. The minimum absolute atomic E-state index is 0.699. The van der Waals surface area contributed by atoms with Gasteiger partial charge in [-0.3, -0.25) is 4.90 Å². The number of ether oxygens (including phenoxy) is 1. The molecule has 1 unspecified atom stereocenters. The van der Waals surface area contributed by atoms with Crippen molar-refractivity contribution in [3.8, 4) is 11.8 Å². The van der Waals surface area contributed by atoms with Gasteiger partial charge < -0.3 is 10.1 Å². The maximum absolute atomic E-state index is 9.03. The molecule has 1 N–H and O–H groups in total. The van der Waals surface area contributed by atoms with E-state index in [1.165, 1.54) is 12.8 Å². The second-order valence-corrected chi connectivity index (χ2v) is 5.44. The van der Waals surface area contributed by atoms with Crippen LogP contribution in [-0.2, 0) is 6.54 Å². The van der Waals surface area contributed by atoms with Crippen LogP contribution in [0, 0.1) is 17.2 Å². The van der Waals surface area contributed by atoms with E-state index in [0.717, 1.165) is 43.4 Å². The van der Waals surface area contributed by atoms with Gasteiger partial charge >= 0.3 is 0 Å². The Balaban J connectivity index is 2.07. The van der Waals surface area contributed by atoms with Crippen molar-refractivity contribution in [1.29, 1.82) is 5.26 Å². The second kappa shape index (κ2) is 7.28. The lowest BCUT2D eigenvalue weighted by Crippen LogP contribution is -2.38. The van der Waals surface area contributed by atoms with E-state index >= 15 is 0 Å². The molecule has 4 nitrogen and oxygen atoms in total. The summed E-state index contributed by atoms with van der Waals surface area (Å²) < 4.78 is 5.41. The third-order valence-electron chi connectivity index (χ3n) is 3.90. The highest BCUT2D eigenvalue weighted by Crippen LogP contribution is 2.24. The molecule has 1 fully saturated rings. The summed E-state index contributed by atoms with van der Waals surface area (Å²) in [5.74, 6) is 1.60. The van der Waals surface area contributed by atoms with Crippen molar-refractivity contribution in [2.75, 3.05) is 33.8 Å². The molecule has 0 aliphatic carbocycles. The molecular weight excluding hydrogens is 250 g/mol. The van der Waals surface area contributed by atoms with Crippen molar-refractivity contribution in [2.24, 2.45) is 5.92 Å². The van der Waals surface area contributed by atoms with E-state index < -0.39 is 0 Å². The van der Waals surface area contributed by atoms with E-state index in [9.17, 15) is 0 Å². The van der Waals surface area contributed by atoms with Crippen LogP contribution in [0.25, 0.3) is 0 Å². The molecule has 108 valence electrons. The van der Waals surface area contributed by atoms with Gasteiger partial charge in [0.2, 0.25) is 0 Å². The van der Waals surface area contributed by atoms with Gasteiger partial charge in [-0.05, 0) is 57.1 Å². The highest BCUT2D eigenvalue weighted by Gasteiger charge is 2.20. The fraction of sp³-hybridized carbons (Fsp3) is 0.562. The maximum Gasteiger partial charge on any atom is 0.123 e.